The maximum atomic E-state index is 13.8. The summed E-state index contributed by atoms with van der Waals surface area (Å²) in [5, 5.41) is 14.3. The minimum absolute atomic E-state index is 0.123. The molecule has 0 spiro atoms. The fraction of sp³-hybridized carbons (Fsp3) is 0.321. The highest BCUT2D eigenvalue weighted by Gasteiger charge is 2.24. The number of benzene rings is 2. The van der Waals surface area contributed by atoms with E-state index in [2.05, 4.69) is 27.1 Å². The second-order valence-corrected chi connectivity index (χ2v) is 9.72. The third-order valence-electron chi connectivity index (χ3n) is 6.67. The molecule has 0 atom stereocenters. The highest BCUT2D eigenvalue weighted by Crippen LogP contribution is 2.31. The van der Waals surface area contributed by atoms with Crippen molar-refractivity contribution >= 4 is 28.1 Å². The summed E-state index contributed by atoms with van der Waals surface area (Å²) in [5.74, 6) is 1.51. The third-order valence-corrected chi connectivity index (χ3v) is 6.67. The molecule has 0 unspecified atom stereocenters. The number of ether oxygens (including phenoxy) is 1. The van der Waals surface area contributed by atoms with Gasteiger partial charge >= 0.3 is 0 Å². The van der Waals surface area contributed by atoms with Crippen LogP contribution >= 0.6 is 0 Å². The molecule has 0 aliphatic carbocycles. The summed E-state index contributed by atoms with van der Waals surface area (Å²) >= 11 is 0. The fourth-order valence-electron chi connectivity index (χ4n) is 4.63. The van der Waals surface area contributed by atoms with E-state index >= 15 is 0 Å². The first-order valence-electron chi connectivity index (χ1n) is 12.0. The van der Waals surface area contributed by atoms with Crippen LogP contribution in [0.1, 0.15) is 37.8 Å². The van der Waals surface area contributed by atoms with Gasteiger partial charge in [0.2, 0.25) is 0 Å². The van der Waals surface area contributed by atoms with E-state index in [0.717, 1.165) is 65.5 Å². The van der Waals surface area contributed by atoms with E-state index in [4.69, 9.17) is 4.74 Å². The lowest BCUT2D eigenvalue weighted by molar-refractivity contribution is 0.0778. The van der Waals surface area contributed by atoms with Crippen molar-refractivity contribution in [1.29, 1.82) is 0 Å². The number of nitrogens with one attached hydrogen (secondary N) is 2. The van der Waals surface area contributed by atoms with Crippen LogP contribution in [0.4, 0.5) is 21.6 Å². The largest absolute Gasteiger partial charge is 0.490 e. The molecule has 0 amide bonds. The molecule has 6 nitrogen and oxygen atoms in total. The van der Waals surface area contributed by atoms with Crippen LogP contribution in [0.5, 0.6) is 5.75 Å². The predicted molar refractivity (Wildman–Crippen MR) is 138 cm³/mol. The van der Waals surface area contributed by atoms with Crippen molar-refractivity contribution in [3.05, 3.63) is 77.9 Å². The summed E-state index contributed by atoms with van der Waals surface area (Å²) in [4.78, 5) is 9.93. The first-order valence-corrected chi connectivity index (χ1v) is 12.0. The first-order chi connectivity index (χ1) is 16.8. The lowest BCUT2D eigenvalue weighted by atomic mass is 9.98. The van der Waals surface area contributed by atoms with Crippen LogP contribution in [0.15, 0.2) is 60.9 Å². The van der Waals surface area contributed by atoms with Crippen molar-refractivity contribution < 1.29 is 14.2 Å². The minimum Gasteiger partial charge on any atom is -0.490 e. The number of aliphatic hydroxyl groups is 1. The number of rotatable bonds is 6. The van der Waals surface area contributed by atoms with Gasteiger partial charge in [0.05, 0.1) is 11.1 Å². The number of hydrogen-bond donors (Lipinski definition) is 3. The van der Waals surface area contributed by atoms with Crippen molar-refractivity contribution in [2.75, 3.05) is 23.3 Å². The Bertz CT molecular complexity index is 1340. The number of aromatic amines is 1. The van der Waals surface area contributed by atoms with Crippen molar-refractivity contribution in [2.24, 2.45) is 0 Å². The minimum atomic E-state index is -0.894. The number of pyridine rings is 1. The molecule has 1 fully saturated rings. The van der Waals surface area contributed by atoms with Crippen LogP contribution in [-0.4, -0.2) is 34.3 Å². The summed E-state index contributed by atoms with van der Waals surface area (Å²) in [5.41, 5.74) is 3.64. The highest BCUT2D eigenvalue weighted by molar-refractivity contribution is 5.84. The number of fused-ring (bicyclic) bond motifs is 1. The fourth-order valence-corrected chi connectivity index (χ4v) is 4.63. The van der Waals surface area contributed by atoms with Crippen LogP contribution in [-0.2, 0) is 5.60 Å². The standard InChI is InChI=1S/C28H31FN4O2/c1-18-25(32-20-7-8-23-24(29)17-31-26(23)16-20)9-12-30-27(18)33-13-10-21(11-14-33)35-22-6-4-5-19(15-22)28(2,3)34/h4-9,12,15-17,21,31,34H,10-11,13-14H2,1-3H3,(H,30,32). The zero-order chi connectivity index (χ0) is 24.6. The van der Waals surface area contributed by atoms with Crippen molar-refractivity contribution in [1.82, 2.24) is 9.97 Å². The van der Waals surface area contributed by atoms with E-state index in [9.17, 15) is 9.50 Å². The van der Waals surface area contributed by atoms with Gasteiger partial charge in [-0.2, -0.15) is 0 Å². The monoisotopic (exact) mass is 474 g/mol. The van der Waals surface area contributed by atoms with Gasteiger partial charge in [-0.25, -0.2) is 9.37 Å². The van der Waals surface area contributed by atoms with Gasteiger partial charge in [0.1, 0.15) is 23.5 Å². The van der Waals surface area contributed by atoms with E-state index in [1.54, 1.807) is 19.9 Å². The Morgan fingerprint density at radius 3 is 2.71 bits per heavy atom. The van der Waals surface area contributed by atoms with E-state index in [-0.39, 0.29) is 11.9 Å². The predicted octanol–water partition coefficient (Wildman–Crippen LogP) is 6.03. The number of aromatic nitrogens is 2. The Morgan fingerprint density at radius 2 is 1.94 bits per heavy atom. The highest BCUT2D eigenvalue weighted by atomic mass is 19.1. The van der Waals surface area contributed by atoms with E-state index in [1.165, 1.54) is 6.20 Å². The number of hydrogen-bond acceptors (Lipinski definition) is 5. The number of H-pyrrole nitrogens is 1. The normalized spacial score (nSPS) is 14.9. The maximum absolute atomic E-state index is 13.8. The van der Waals surface area contributed by atoms with Crippen LogP contribution < -0.4 is 15.0 Å². The molecule has 0 bridgehead atoms. The van der Waals surface area contributed by atoms with Crippen LogP contribution in [0.3, 0.4) is 0 Å². The summed E-state index contributed by atoms with van der Waals surface area (Å²) < 4.78 is 20.0. The van der Waals surface area contributed by atoms with Crippen molar-refractivity contribution in [3.63, 3.8) is 0 Å². The van der Waals surface area contributed by atoms with E-state index in [1.807, 2.05) is 48.7 Å². The molecule has 35 heavy (non-hydrogen) atoms. The summed E-state index contributed by atoms with van der Waals surface area (Å²) in [7, 11) is 0. The zero-order valence-electron chi connectivity index (χ0n) is 20.3. The van der Waals surface area contributed by atoms with Gasteiger partial charge in [-0.3, -0.25) is 0 Å². The third kappa shape index (κ3) is 4.95. The molecule has 1 aliphatic rings. The number of halogens is 1. The lowest BCUT2D eigenvalue weighted by Gasteiger charge is -2.34. The number of nitrogens with zero attached hydrogens (tertiary/aromatic N) is 2. The molecular formula is C28H31FN4O2. The average Bonchev–Trinajstić information content (AvgIpc) is 3.21. The molecule has 1 aliphatic heterocycles. The van der Waals surface area contributed by atoms with Crippen LogP contribution in [0.2, 0.25) is 0 Å². The molecule has 0 radical (unpaired) electrons. The molecule has 7 heteroatoms. The van der Waals surface area contributed by atoms with E-state index in [0.29, 0.717) is 5.39 Å². The number of anilines is 3. The summed E-state index contributed by atoms with van der Waals surface area (Å²) in [6.45, 7) is 7.33. The lowest BCUT2D eigenvalue weighted by Crippen LogP contribution is -2.39. The van der Waals surface area contributed by atoms with Crippen LogP contribution in [0, 0.1) is 12.7 Å². The maximum Gasteiger partial charge on any atom is 0.148 e. The Hall–Kier alpha value is -3.58. The Balaban J connectivity index is 1.25. The topological polar surface area (TPSA) is 73.4 Å². The quantitative estimate of drug-likeness (QED) is 0.318. The van der Waals surface area contributed by atoms with Gasteiger partial charge in [-0.1, -0.05) is 12.1 Å². The van der Waals surface area contributed by atoms with Gasteiger partial charge in [0.25, 0.3) is 0 Å². The Kier molecular flexibility index (Phi) is 6.11. The first kappa shape index (κ1) is 23.2. The second kappa shape index (κ2) is 9.23. The molecule has 4 aromatic rings. The van der Waals surface area contributed by atoms with Gasteiger partial charge in [0.15, 0.2) is 0 Å². The molecule has 2 aromatic heterocycles. The molecular weight excluding hydrogens is 443 g/mol. The molecule has 3 N–H and O–H groups in total. The Morgan fingerprint density at radius 1 is 1.14 bits per heavy atom. The molecule has 3 heterocycles. The van der Waals surface area contributed by atoms with Gasteiger partial charge in [-0.05, 0) is 62.7 Å². The second-order valence-electron chi connectivity index (χ2n) is 9.72. The molecule has 5 rings (SSSR count). The SMILES string of the molecule is Cc1c(Nc2ccc3c(F)c[nH]c3c2)ccnc1N1CCC(Oc2cccc(C(C)(C)O)c2)CC1. The van der Waals surface area contributed by atoms with E-state index < -0.39 is 5.60 Å². The summed E-state index contributed by atoms with van der Waals surface area (Å²) in [6.07, 6.45) is 5.10. The zero-order valence-corrected chi connectivity index (χ0v) is 20.3. The number of piperidine rings is 1. The Labute approximate surface area is 204 Å². The molecule has 1 saturated heterocycles. The van der Waals surface area contributed by atoms with Gasteiger partial charge in [-0.15, -0.1) is 0 Å². The smallest absolute Gasteiger partial charge is 0.148 e. The average molecular weight is 475 g/mol. The van der Waals surface area contributed by atoms with Crippen molar-refractivity contribution in [3.8, 4) is 5.75 Å². The van der Waals surface area contributed by atoms with Crippen molar-refractivity contribution in [2.45, 2.75) is 45.3 Å². The molecule has 0 saturated carbocycles. The molecule has 182 valence electrons. The van der Waals surface area contributed by atoms with Gasteiger partial charge < -0.3 is 25.0 Å². The van der Waals surface area contributed by atoms with Gasteiger partial charge in [0, 0.05) is 60.6 Å². The van der Waals surface area contributed by atoms with Crippen LogP contribution in [0.25, 0.3) is 10.9 Å². The molecule has 2 aromatic carbocycles. The summed E-state index contributed by atoms with van der Waals surface area (Å²) in [6, 6.07) is 15.2.